The average Bonchev–Trinajstić information content (AvgIpc) is 1.93. The monoisotopic (exact) mass is 192 g/mol. The minimum absolute atomic E-state index is 0. The van der Waals surface area contributed by atoms with Crippen molar-refractivity contribution in [2.24, 2.45) is 11.7 Å². The number of halogens is 1. The predicted molar refractivity (Wildman–Crippen MR) is 55.7 cm³/mol. The van der Waals surface area contributed by atoms with E-state index in [4.69, 9.17) is 5.73 Å². The lowest BCUT2D eigenvalue weighted by molar-refractivity contribution is 0.193. The molecule has 2 N–H and O–H groups in total. The highest BCUT2D eigenvalue weighted by Gasteiger charge is 2.15. The van der Waals surface area contributed by atoms with E-state index in [-0.39, 0.29) is 12.4 Å². The van der Waals surface area contributed by atoms with E-state index in [2.05, 4.69) is 18.7 Å². The minimum atomic E-state index is 0. The number of piperidine rings is 1. The van der Waals surface area contributed by atoms with E-state index in [0.717, 1.165) is 5.92 Å². The Hall–Kier alpha value is 0.210. The first-order valence-electron chi connectivity index (χ1n) is 4.66. The van der Waals surface area contributed by atoms with Crippen LogP contribution in [0, 0.1) is 5.92 Å². The summed E-state index contributed by atoms with van der Waals surface area (Å²) in [4.78, 5) is 2.52. The minimum Gasteiger partial charge on any atom is -0.328 e. The molecule has 1 aliphatic heterocycles. The van der Waals surface area contributed by atoms with Gasteiger partial charge in [-0.15, -0.1) is 12.4 Å². The molecule has 0 amide bonds. The first-order valence-corrected chi connectivity index (χ1v) is 4.66. The Labute approximate surface area is 81.9 Å². The molecule has 1 fully saturated rings. The van der Waals surface area contributed by atoms with Gasteiger partial charge in [-0.1, -0.05) is 13.8 Å². The Morgan fingerprint density at radius 2 is 1.83 bits per heavy atom. The van der Waals surface area contributed by atoms with Gasteiger partial charge in [0.05, 0.1) is 0 Å². The van der Waals surface area contributed by atoms with Crippen LogP contribution in [0.2, 0.25) is 0 Å². The van der Waals surface area contributed by atoms with Gasteiger partial charge in [-0.25, -0.2) is 0 Å². The van der Waals surface area contributed by atoms with Crippen molar-refractivity contribution in [2.75, 3.05) is 19.6 Å². The Bertz CT molecular complexity index is 109. The lowest BCUT2D eigenvalue weighted by Crippen LogP contribution is -2.41. The van der Waals surface area contributed by atoms with Gasteiger partial charge in [-0.05, 0) is 31.8 Å². The highest BCUT2D eigenvalue weighted by Crippen LogP contribution is 2.09. The normalized spacial score (nSPS) is 21.0. The van der Waals surface area contributed by atoms with Crippen LogP contribution in [-0.2, 0) is 0 Å². The molecular formula is C9H21ClN2. The molecule has 2 nitrogen and oxygen atoms in total. The summed E-state index contributed by atoms with van der Waals surface area (Å²) in [6.45, 7) is 8.20. The molecule has 74 valence electrons. The van der Waals surface area contributed by atoms with Crippen LogP contribution >= 0.6 is 12.4 Å². The Morgan fingerprint density at radius 1 is 1.33 bits per heavy atom. The molecule has 0 radical (unpaired) electrons. The third kappa shape index (κ3) is 4.29. The van der Waals surface area contributed by atoms with Crippen LogP contribution < -0.4 is 5.73 Å². The molecule has 1 rings (SSSR count). The number of nitrogens with two attached hydrogens (primary N) is 1. The first-order chi connectivity index (χ1) is 5.18. The van der Waals surface area contributed by atoms with Gasteiger partial charge in [-0.2, -0.15) is 0 Å². The molecule has 12 heavy (non-hydrogen) atoms. The van der Waals surface area contributed by atoms with E-state index in [9.17, 15) is 0 Å². The Balaban J connectivity index is 0.00000121. The maximum Gasteiger partial charge on any atom is 0.00631 e. The van der Waals surface area contributed by atoms with Crippen molar-refractivity contribution in [1.82, 2.24) is 4.90 Å². The SMILES string of the molecule is CC(C)CN1CCC(N)CC1.Cl. The molecule has 1 saturated heterocycles. The van der Waals surface area contributed by atoms with Gasteiger partial charge < -0.3 is 10.6 Å². The van der Waals surface area contributed by atoms with Crippen molar-refractivity contribution in [2.45, 2.75) is 32.7 Å². The molecule has 0 aromatic carbocycles. The molecule has 1 heterocycles. The average molecular weight is 193 g/mol. The van der Waals surface area contributed by atoms with Crippen molar-refractivity contribution in [1.29, 1.82) is 0 Å². The highest BCUT2D eigenvalue weighted by atomic mass is 35.5. The Morgan fingerprint density at radius 3 is 2.25 bits per heavy atom. The molecule has 0 atom stereocenters. The van der Waals surface area contributed by atoms with E-state index in [1.165, 1.54) is 32.5 Å². The summed E-state index contributed by atoms with van der Waals surface area (Å²) < 4.78 is 0. The molecular weight excluding hydrogens is 172 g/mol. The van der Waals surface area contributed by atoms with E-state index < -0.39 is 0 Å². The molecule has 0 bridgehead atoms. The summed E-state index contributed by atoms with van der Waals surface area (Å²) in [5.41, 5.74) is 5.80. The largest absolute Gasteiger partial charge is 0.328 e. The molecule has 0 saturated carbocycles. The number of nitrogens with zero attached hydrogens (tertiary/aromatic N) is 1. The zero-order valence-corrected chi connectivity index (χ0v) is 8.94. The maximum absolute atomic E-state index is 5.80. The summed E-state index contributed by atoms with van der Waals surface area (Å²) >= 11 is 0. The first kappa shape index (κ1) is 12.2. The van der Waals surface area contributed by atoms with Gasteiger partial charge in [0.15, 0.2) is 0 Å². The second kappa shape index (κ2) is 5.79. The zero-order valence-electron chi connectivity index (χ0n) is 8.12. The van der Waals surface area contributed by atoms with Gasteiger partial charge in [0.25, 0.3) is 0 Å². The van der Waals surface area contributed by atoms with Crippen molar-refractivity contribution in [3.63, 3.8) is 0 Å². The fourth-order valence-electron chi connectivity index (χ4n) is 1.65. The second-order valence-electron chi connectivity index (χ2n) is 4.03. The summed E-state index contributed by atoms with van der Waals surface area (Å²) in [6.07, 6.45) is 2.37. The fraction of sp³-hybridized carbons (Fsp3) is 1.00. The molecule has 3 heteroatoms. The highest BCUT2D eigenvalue weighted by molar-refractivity contribution is 5.85. The van der Waals surface area contributed by atoms with Gasteiger partial charge in [0.1, 0.15) is 0 Å². The van der Waals surface area contributed by atoms with Crippen molar-refractivity contribution >= 4 is 12.4 Å². The third-order valence-electron chi connectivity index (χ3n) is 2.26. The number of hydrogen-bond acceptors (Lipinski definition) is 2. The van der Waals surface area contributed by atoms with Crippen molar-refractivity contribution in [3.05, 3.63) is 0 Å². The molecule has 0 aromatic heterocycles. The van der Waals surface area contributed by atoms with Crippen LogP contribution in [0.25, 0.3) is 0 Å². The molecule has 0 spiro atoms. The standard InChI is InChI=1S/C9H20N2.ClH/c1-8(2)7-11-5-3-9(10)4-6-11;/h8-9H,3-7,10H2,1-2H3;1H. The second-order valence-corrected chi connectivity index (χ2v) is 4.03. The number of hydrogen-bond donors (Lipinski definition) is 1. The summed E-state index contributed by atoms with van der Waals surface area (Å²) in [6, 6.07) is 0.471. The Kier molecular flexibility index (Phi) is 5.89. The number of rotatable bonds is 2. The van der Waals surface area contributed by atoms with Crippen LogP contribution in [0.4, 0.5) is 0 Å². The predicted octanol–water partition coefficient (Wildman–Crippen LogP) is 1.49. The summed E-state index contributed by atoms with van der Waals surface area (Å²) in [7, 11) is 0. The van der Waals surface area contributed by atoms with Crippen LogP contribution in [0.1, 0.15) is 26.7 Å². The molecule has 0 aliphatic carbocycles. The lowest BCUT2D eigenvalue weighted by atomic mass is 10.0. The van der Waals surface area contributed by atoms with Crippen molar-refractivity contribution in [3.8, 4) is 0 Å². The van der Waals surface area contributed by atoms with Crippen LogP contribution in [0.3, 0.4) is 0 Å². The summed E-state index contributed by atoms with van der Waals surface area (Å²) in [5.74, 6) is 0.796. The van der Waals surface area contributed by atoms with Crippen molar-refractivity contribution < 1.29 is 0 Å². The summed E-state index contributed by atoms with van der Waals surface area (Å²) in [5, 5.41) is 0. The smallest absolute Gasteiger partial charge is 0.00631 e. The van der Waals surface area contributed by atoms with Gasteiger partial charge in [0, 0.05) is 12.6 Å². The molecule has 0 aromatic rings. The van der Waals surface area contributed by atoms with Gasteiger partial charge >= 0.3 is 0 Å². The number of likely N-dealkylation sites (tertiary alicyclic amines) is 1. The fourth-order valence-corrected chi connectivity index (χ4v) is 1.65. The van der Waals surface area contributed by atoms with Crippen LogP contribution in [0.5, 0.6) is 0 Å². The quantitative estimate of drug-likeness (QED) is 0.719. The van der Waals surface area contributed by atoms with Gasteiger partial charge in [-0.3, -0.25) is 0 Å². The molecule has 1 aliphatic rings. The van der Waals surface area contributed by atoms with E-state index in [1.807, 2.05) is 0 Å². The van der Waals surface area contributed by atoms with E-state index in [0.29, 0.717) is 6.04 Å². The zero-order chi connectivity index (χ0) is 8.27. The van der Waals surface area contributed by atoms with E-state index >= 15 is 0 Å². The van der Waals surface area contributed by atoms with E-state index in [1.54, 1.807) is 0 Å². The molecule has 0 unspecified atom stereocenters. The third-order valence-corrected chi connectivity index (χ3v) is 2.26. The maximum atomic E-state index is 5.80. The van der Waals surface area contributed by atoms with Crippen LogP contribution in [-0.4, -0.2) is 30.6 Å². The van der Waals surface area contributed by atoms with Crippen LogP contribution in [0.15, 0.2) is 0 Å². The topological polar surface area (TPSA) is 29.3 Å². The lowest BCUT2D eigenvalue weighted by Gasteiger charge is -2.31. The van der Waals surface area contributed by atoms with Gasteiger partial charge in [0.2, 0.25) is 0 Å².